The Morgan fingerprint density at radius 1 is 1.29 bits per heavy atom. The number of aromatic nitrogens is 1. The van der Waals surface area contributed by atoms with Gasteiger partial charge in [0, 0.05) is 0 Å². The number of hydrogen-bond donors (Lipinski definition) is 0. The van der Waals surface area contributed by atoms with Crippen molar-refractivity contribution in [3.8, 4) is 6.07 Å². The molecule has 4 heteroatoms. The summed E-state index contributed by atoms with van der Waals surface area (Å²) in [6.45, 7) is 1.42. The number of ether oxygens (including phenoxy) is 2. The van der Waals surface area contributed by atoms with Crippen LogP contribution in [-0.2, 0) is 14.9 Å². The molecular formula is C13H14N2O2. The van der Waals surface area contributed by atoms with Crippen LogP contribution in [0, 0.1) is 11.3 Å². The summed E-state index contributed by atoms with van der Waals surface area (Å²) >= 11 is 0. The molecule has 1 saturated heterocycles. The highest BCUT2D eigenvalue weighted by atomic mass is 16.7. The molecule has 3 rings (SSSR count). The monoisotopic (exact) mass is 230 g/mol. The van der Waals surface area contributed by atoms with Crippen molar-refractivity contribution in [3.05, 3.63) is 29.6 Å². The van der Waals surface area contributed by atoms with Crippen molar-refractivity contribution in [2.75, 3.05) is 13.2 Å². The molecule has 2 heterocycles. The van der Waals surface area contributed by atoms with Gasteiger partial charge in [-0.3, -0.25) is 4.98 Å². The van der Waals surface area contributed by atoms with Crippen LogP contribution in [0.3, 0.4) is 0 Å². The molecule has 88 valence electrons. The van der Waals surface area contributed by atoms with Gasteiger partial charge in [-0.15, -0.1) is 0 Å². The summed E-state index contributed by atoms with van der Waals surface area (Å²) in [7, 11) is 0. The zero-order valence-electron chi connectivity index (χ0n) is 9.56. The van der Waals surface area contributed by atoms with Gasteiger partial charge in [0.25, 0.3) is 0 Å². The molecule has 0 amide bonds. The second-order valence-electron chi connectivity index (χ2n) is 4.57. The zero-order chi connectivity index (χ0) is 11.7. The molecule has 0 radical (unpaired) electrons. The van der Waals surface area contributed by atoms with Crippen molar-refractivity contribution >= 4 is 0 Å². The van der Waals surface area contributed by atoms with Gasteiger partial charge in [-0.05, 0) is 31.4 Å². The van der Waals surface area contributed by atoms with Crippen LogP contribution in [0.1, 0.15) is 36.9 Å². The van der Waals surface area contributed by atoms with Crippen LogP contribution in [0.2, 0.25) is 0 Å². The molecule has 1 aromatic rings. The number of rotatable bonds is 2. The van der Waals surface area contributed by atoms with Crippen molar-refractivity contribution in [3.63, 3.8) is 0 Å². The predicted molar refractivity (Wildman–Crippen MR) is 60.0 cm³/mol. The van der Waals surface area contributed by atoms with Gasteiger partial charge >= 0.3 is 0 Å². The lowest BCUT2D eigenvalue weighted by Gasteiger charge is -2.23. The van der Waals surface area contributed by atoms with E-state index in [9.17, 15) is 0 Å². The van der Waals surface area contributed by atoms with Crippen LogP contribution in [0.4, 0.5) is 0 Å². The Balaban J connectivity index is 1.86. The topological polar surface area (TPSA) is 55.1 Å². The molecule has 0 unspecified atom stereocenters. The fourth-order valence-corrected chi connectivity index (χ4v) is 2.06. The van der Waals surface area contributed by atoms with Crippen LogP contribution >= 0.6 is 0 Å². The quantitative estimate of drug-likeness (QED) is 0.780. The van der Waals surface area contributed by atoms with Crippen LogP contribution in [0.25, 0.3) is 0 Å². The molecule has 1 aliphatic heterocycles. The number of pyridine rings is 1. The Kier molecular flexibility index (Phi) is 2.58. The first-order chi connectivity index (χ1) is 8.34. The molecule has 1 aliphatic carbocycles. The molecule has 1 saturated carbocycles. The summed E-state index contributed by atoms with van der Waals surface area (Å²) < 4.78 is 11.0. The Labute approximate surface area is 100 Å². The van der Waals surface area contributed by atoms with E-state index in [-0.39, 0.29) is 11.7 Å². The molecule has 2 aliphatic rings. The minimum absolute atomic E-state index is 0.343. The van der Waals surface area contributed by atoms with E-state index in [0.717, 1.165) is 30.7 Å². The van der Waals surface area contributed by atoms with Crippen molar-refractivity contribution < 1.29 is 9.47 Å². The first-order valence-electron chi connectivity index (χ1n) is 5.96. The van der Waals surface area contributed by atoms with Gasteiger partial charge in [0.1, 0.15) is 0 Å². The van der Waals surface area contributed by atoms with Crippen LogP contribution in [0.5, 0.6) is 0 Å². The molecule has 0 bridgehead atoms. The Bertz CT molecular complexity index is 457. The van der Waals surface area contributed by atoms with E-state index in [1.165, 1.54) is 0 Å². The van der Waals surface area contributed by atoms with E-state index < -0.39 is 0 Å². The second-order valence-corrected chi connectivity index (χ2v) is 4.57. The summed E-state index contributed by atoms with van der Waals surface area (Å²) in [6, 6.07) is 8.10. The van der Waals surface area contributed by atoms with Crippen molar-refractivity contribution in [1.29, 1.82) is 5.26 Å². The Morgan fingerprint density at radius 3 is 2.71 bits per heavy atom. The molecule has 2 fully saturated rings. The molecule has 0 N–H and O–H groups in total. The normalized spacial score (nSPS) is 23.0. The maximum atomic E-state index is 9.16. The lowest BCUT2D eigenvalue weighted by atomic mass is 10.0. The highest BCUT2D eigenvalue weighted by Gasteiger charge is 2.46. The molecule has 0 atom stereocenters. The fraction of sp³-hybridized carbons (Fsp3) is 0.538. The third-order valence-electron chi connectivity index (χ3n) is 3.29. The Hall–Kier alpha value is -1.44. The number of nitriles is 1. The Morgan fingerprint density at radius 2 is 2.06 bits per heavy atom. The van der Waals surface area contributed by atoms with Gasteiger partial charge < -0.3 is 9.47 Å². The minimum Gasteiger partial charge on any atom is -0.347 e. The average molecular weight is 230 g/mol. The van der Waals surface area contributed by atoms with Gasteiger partial charge in [0.05, 0.1) is 36.1 Å². The smallest absolute Gasteiger partial charge is 0.201 e. The molecule has 1 aromatic heterocycles. The van der Waals surface area contributed by atoms with Crippen LogP contribution in [-0.4, -0.2) is 18.2 Å². The SMILES string of the molecule is N#CC1(c2cccc(C3OCCCO3)n2)CC1. The largest absolute Gasteiger partial charge is 0.347 e. The average Bonchev–Trinajstić information content (AvgIpc) is 3.21. The summed E-state index contributed by atoms with van der Waals surface area (Å²) in [5.74, 6) is 0. The lowest BCUT2D eigenvalue weighted by Crippen LogP contribution is -2.19. The first-order valence-corrected chi connectivity index (χ1v) is 5.96. The number of hydrogen-bond acceptors (Lipinski definition) is 4. The third kappa shape index (κ3) is 1.92. The lowest BCUT2D eigenvalue weighted by molar-refractivity contribution is -0.185. The summed E-state index contributed by atoms with van der Waals surface area (Å²) in [5.41, 5.74) is 1.30. The highest BCUT2D eigenvalue weighted by molar-refractivity contribution is 5.34. The maximum absolute atomic E-state index is 9.16. The highest BCUT2D eigenvalue weighted by Crippen LogP contribution is 2.46. The zero-order valence-corrected chi connectivity index (χ0v) is 9.56. The summed E-state index contributed by atoms with van der Waals surface area (Å²) in [6.07, 6.45) is 2.38. The standard InChI is InChI=1S/C13H14N2O2/c14-9-13(5-6-13)11-4-1-3-10(15-11)12-16-7-2-8-17-12/h1,3-4,12H,2,5-8H2. The molecule has 4 nitrogen and oxygen atoms in total. The maximum Gasteiger partial charge on any atom is 0.201 e. The molecule has 0 spiro atoms. The van der Waals surface area contributed by atoms with Gasteiger partial charge in [0.15, 0.2) is 0 Å². The second kappa shape index (κ2) is 4.10. The van der Waals surface area contributed by atoms with E-state index in [0.29, 0.717) is 13.2 Å². The van der Waals surface area contributed by atoms with Crippen LogP contribution in [0.15, 0.2) is 18.2 Å². The van der Waals surface area contributed by atoms with E-state index >= 15 is 0 Å². The van der Waals surface area contributed by atoms with Gasteiger partial charge in [-0.2, -0.15) is 5.26 Å². The van der Waals surface area contributed by atoms with Crippen molar-refractivity contribution in [2.24, 2.45) is 0 Å². The third-order valence-corrected chi connectivity index (χ3v) is 3.29. The summed E-state index contributed by atoms with van der Waals surface area (Å²) in [5, 5.41) is 9.16. The van der Waals surface area contributed by atoms with Gasteiger partial charge in [-0.1, -0.05) is 6.07 Å². The summed E-state index contributed by atoms with van der Waals surface area (Å²) in [4.78, 5) is 4.53. The van der Waals surface area contributed by atoms with E-state index in [4.69, 9.17) is 14.7 Å². The van der Waals surface area contributed by atoms with E-state index in [1.807, 2.05) is 18.2 Å². The minimum atomic E-state index is -0.363. The van der Waals surface area contributed by atoms with E-state index in [1.54, 1.807) is 0 Å². The first kappa shape index (κ1) is 10.7. The van der Waals surface area contributed by atoms with E-state index in [2.05, 4.69) is 11.1 Å². The van der Waals surface area contributed by atoms with Crippen molar-refractivity contribution in [2.45, 2.75) is 31.0 Å². The van der Waals surface area contributed by atoms with Gasteiger partial charge in [-0.25, -0.2) is 0 Å². The fourth-order valence-electron chi connectivity index (χ4n) is 2.06. The molecule has 17 heavy (non-hydrogen) atoms. The van der Waals surface area contributed by atoms with Gasteiger partial charge in [0.2, 0.25) is 6.29 Å². The van der Waals surface area contributed by atoms with Crippen molar-refractivity contribution in [1.82, 2.24) is 4.98 Å². The van der Waals surface area contributed by atoms with Crippen LogP contribution < -0.4 is 0 Å². The molecule has 0 aromatic carbocycles. The predicted octanol–water partition coefficient (Wildman–Crippen LogP) is 2.07. The number of nitrogens with zero attached hydrogens (tertiary/aromatic N) is 2. The molecular weight excluding hydrogens is 216 g/mol.